The first-order valence-electron chi connectivity index (χ1n) is 5.72. The average molecular weight is 301 g/mol. The number of hydrogen-bond donors (Lipinski definition) is 0. The average Bonchev–Trinajstić information content (AvgIpc) is 2.77. The topological polar surface area (TPSA) is 27.1 Å². The van der Waals surface area contributed by atoms with Gasteiger partial charge in [-0.25, -0.2) is 4.98 Å². The van der Waals surface area contributed by atoms with Crippen molar-refractivity contribution in [2.45, 2.75) is 6.61 Å². The Bertz CT molecular complexity index is 764. The van der Waals surface area contributed by atoms with Crippen LogP contribution in [-0.4, -0.2) is 9.55 Å². The lowest BCUT2D eigenvalue weighted by Gasteiger charge is -2.20. The predicted octanol–water partition coefficient (Wildman–Crippen LogP) is 3.68. The van der Waals surface area contributed by atoms with Crippen molar-refractivity contribution in [1.29, 1.82) is 0 Å². The van der Waals surface area contributed by atoms with Crippen molar-refractivity contribution in [3.63, 3.8) is 0 Å². The molecule has 2 aromatic carbocycles. The molecule has 0 aliphatic carbocycles. The van der Waals surface area contributed by atoms with Crippen molar-refractivity contribution in [1.82, 2.24) is 9.55 Å². The van der Waals surface area contributed by atoms with E-state index in [9.17, 15) is 0 Å². The Hall–Kier alpha value is -1.81. The molecule has 3 nitrogen and oxygen atoms in total. The minimum atomic E-state index is 0.512. The first kappa shape index (κ1) is 10.1. The molecule has 4 rings (SSSR count). The van der Waals surface area contributed by atoms with E-state index in [2.05, 4.69) is 37.6 Å². The van der Waals surface area contributed by atoms with Crippen LogP contribution in [0.5, 0.6) is 5.75 Å². The van der Waals surface area contributed by atoms with Crippen molar-refractivity contribution in [2.24, 2.45) is 0 Å². The summed E-state index contributed by atoms with van der Waals surface area (Å²) in [4.78, 5) is 4.60. The lowest BCUT2D eigenvalue weighted by atomic mass is 10.2. The fourth-order valence-electron chi connectivity index (χ4n) is 2.37. The number of halogens is 1. The molecule has 0 saturated heterocycles. The molecule has 0 unspecified atom stereocenters. The summed E-state index contributed by atoms with van der Waals surface area (Å²) in [6.45, 7) is 0.512. The number of benzene rings is 2. The molecular weight excluding hydrogens is 292 g/mol. The van der Waals surface area contributed by atoms with Gasteiger partial charge in [-0.05, 0) is 30.3 Å². The molecule has 0 amide bonds. The van der Waals surface area contributed by atoms with Gasteiger partial charge < -0.3 is 4.74 Å². The maximum absolute atomic E-state index is 5.75. The molecule has 3 aromatic rings. The Balaban J connectivity index is 2.10. The van der Waals surface area contributed by atoms with Gasteiger partial charge in [0.05, 0.1) is 16.7 Å². The molecule has 0 radical (unpaired) electrons. The minimum Gasteiger partial charge on any atom is -0.483 e. The van der Waals surface area contributed by atoms with Crippen molar-refractivity contribution in [3.8, 4) is 11.4 Å². The van der Waals surface area contributed by atoms with Crippen LogP contribution in [0, 0.1) is 0 Å². The SMILES string of the molecule is Brc1ccc2c(c1)OCc1nc3ccccc3n1-2. The molecule has 88 valence electrons. The zero-order chi connectivity index (χ0) is 12.1. The van der Waals surface area contributed by atoms with Gasteiger partial charge in [0.1, 0.15) is 12.4 Å². The first-order chi connectivity index (χ1) is 8.83. The molecule has 2 heterocycles. The van der Waals surface area contributed by atoms with E-state index in [-0.39, 0.29) is 0 Å². The summed E-state index contributed by atoms with van der Waals surface area (Å²) in [5.74, 6) is 1.84. The maximum atomic E-state index is 5.75. The van der Waals surface area contributed by atoms with Crippen LogP contribution < -0.4 is 4.74 Å². The molecule has 4 heteroatoms. The quantitative estimate of drug-likeness (QED) is 0.633. The summed E-state index contributed by atoms with van der Waals surface area (Å²) in [6.07, 6.45) is 0. The summed E-state index contributed by atoms with van der Waals surface area (Å²) in [7, 11) is 0. The van der Waals surface area contributed by atoms with Crippen LogP contribution in [0.3, 0.4) is 0 Å². The lowest BCUT2D eigenvalue weighted by Crippen LogP contribution is -2.12. The number of aromatic nitrogens is 2. The highest BCUT2D eigenvalue weighted by molar-refractivity contribution is 9.10. The van der Waals surface area contributed by atoms with Crippen molar-refractivity contribution in [3.05, 3.63) is 52.8 Å². The van der Waals surface area contributed by atoms with Crippen LogP contribution in [-0.2, 0) is 6.61 Å². The van der Waals surface area contributed by atoms with E-state index in [1.54, 1.807) is 0 Å². The van der Waals surface area contributed by atoms with E-state index in [0.29, 0.717) is 6.61 Å². The summed E-state index contributed by atoms with van der Waals surface area (Å²) in [5.41, 5.74) is 3.18. The second-order valence-corrected chi connectivity index (χ2v) is 5.17. The third-order valence-corrected chi connectivity index (χ3v) is 3.64. The minimum absolute atomic E-state index is 0.512. The Morgan fingerprint density at radius 1 is 1.17 bits per heavy atom. The highest BCUT2D eigenvalue weighted by atomic mass is 79.9. The van der Waals surface area contributed by atoms with Gasteiger partial charge in [-0.3, -0.25) is 4.57 Å². The van der Waals surface area contributed by atoms with E-state index < -0.39 is 0 Å². The highest BCUT2D eigenvalue weighted by Crippen LogP contribution is 2.34. The smallest absolute Gasteiger partial charge is 0.152 e. The molecule has 1 aliphatic rings. The van der Waals surface area contributed by atoms with Crippen LogP contribution in [0.2, 0.25) is 0 Å². The van der Waals surface area contributed by atoms with Crippen LogP contribution in [0.25, 0.3) is 16.7 Å². The Morgan fingerprint density at radius 3 is 3.00 bits per heavy atom. The zero-order valence-corrected chi connectivity index (χ0v) is 11.0. The predicted molar refractivity (Wildman–Crippen MR) is 73.1 cm³/mol. The fraction of sp³-hybridized carbons (Fsp3) is 0.0714. The van der Waals surface area contributed by atoms with Gasteiger partial charge in [0.25, 0.3) is 0 Å². The van der Waals surface area contributed by atoms with Gasteiger partial charge in [-0.1, -0.05) is 28.1 Å². The van der Waals surface area contributed by atoms with E-state index >= 15 is 0 Å². The van der Waals surface area contributed by atoms with Crippen LogP contribution in [0.1, 0.15) is 5.82 Å². The van der Waals surface area contributed by atoms with Crippen LogP contribution in [0.4, 0.5) is 0 Å². The second-order valence-electron chi connectivity index (χ2n) is 4.25. The first-order valence-corrected chi connectivity index (χ1v) is 6.51. The molecule has 0 spiro atoms. The number of rotatable bonds is 0. The number of para-hydroxylation sites is 2. The molecular formula is C14H9BrN2O. The molecule has 0 atom stereocenters. The van der Waals surface area contributed by atoms with Crippen molar-refractivity contribution < 1.29 is 4.74 Å². The van der Waals surface area contributed by atoms with Gasteiger partial charge >= 0.3 is 0 Å². The monoisotopic (exact) mass is 300 g/mol. The van der Waals surface area contributed by atoms with Gasteiger partial charge in [-0.2, -0.15) is 0 Å². The molecule has 18 heavy (non-hydrogen) atoms. The van der Waals surface area contributed by atoms with Gasteiger partial charge in [0.2, 0.25) is 0 Å². The van der Waals surface area contributed by atoms with E-state index in [4.69, 9.17) is 4.74 Å². The summed E-state index contributed by atoms with van der Waals surface area (Å²) < 4.78 is 8.94. The lowest BCUT2D eigenvalue weighted by molar-refractivity contribution is 0.280. The second kappa shape index (κ2) is 3.59. The summed E-state index contributed by atoms with van der Waals surface area (Å²) >= 11 is 3.47. The standard InChI is InChI=1S/C14H9BrN2O/c15-9-5-6-12-13(7-9)18-8-14-16-10-3-1-2-4-11(10)17(12)14/h1-7H,8H2. The van der Waals surface area contributed by atoms with E-state index in [1.807, 2.05) is 30.3 Å². The number of ether oxygens (including phenoxy) is 1. The summed E-state index contributed by atoms with van der Waals surface area (Å²) in [6, 6.07) is 14.2. The van der Waals surface area contributed by atoms with Crippen LogP contribution >= 0.6 is 15.9 Å². The van der Waals surface area contributed by atoms with Gasteiger partial charge in [0, 0.05) is 4.47 Å². The number of fused-ring (bicyclic) bond motifs is 5. The Morgan fingerprint density at radius 2 is 2.06 bits per heavy atom. The molecule has 0 N–H and O–H groups in total. The molecule has 1 aromatic heterocycles. The zero-order valence-electron chi connectivity index (χ0n) is 9.43. The third-order valence-electron chi connectivity index (χ3n) is 3.15. The molecule has 0 fully saturated rings. The summed E-state index contributed by atoms with van der Waals surface area (Å²) in [5, 5.41) is 0. The fourth-order valence-corrected chi connectivity index (χ4v) is 2.71. The molecule has 1 aliphatic heterocycles. The maximum Gasteiger partial charge on any atom is 0.152 e. The Kier molecular flexibility index (Phi) is 2.02. The Labute approximate surface area is 112 Å². The van der Waals surface area contributed by atoms with Crippen molar-refractivity contribution in [2.75, 3.05) is 0 Å². The van der Waals surface area contributed by atoms with E-state index in [0.717, 1.165) is 32.8 Å². The largest absolute Gasteiger partial charge is 0.483 e. The number of hydrogen-bond acceptors (Lipinski definition) is 2. The third kappa shape index (κ3) is 1.32. The van der Waals surface area contributed by atoms with Gasteiger partial charge in [0.15, 0.2) is 5.82 Å². The molecule has 0 bridgehead atoms. The number of nitrogens with zero attached hydrogens (tertiary/aromatic N) is 2. The van der Waals surface area contributed by atoms with Crippen molar-refractivity contribution >= 4 is 27.0 Å². The molecule has 0 saturated carbocycles. The van der Waals surface area contributed by atoms with Gasteiger partial charge in [-0.15, -0.1) is 0 Å². The normalized spacial score (nSPS) is 12.9. The number of imidazole rings is 1. The highest BCUT2D eigenvalue weighted by Gasteiger charge is 2.20. The van der Waals surface area contributed by atoms with Crippen LogP contribution in [0.15, 0.2) is 46.9 Å². The van der Waals surface area contributed by atoms with E-state index in [1.165, 1.54) is 0 Å².